The summed E-state index contributed by atoms with van der Waals surface area (Å²) in [6.45, 7) is 8.48. The van der Waals surface area contributed by atoms with E-state index in [-0.39, 0.29) is 6.04 Å². The molecule has 0 amide bonds. The van der Waals surface area contributed by atoms with Crippen LogP contribution in [0.4, 0.5) is 5.69 Å². The standard InChI is InChI=1S/C19H24N2S/c1-5-17(16-11-9-13(2)10-12-16)20-19(22)21-18-8-6-7-14(3)15(18)4/h6-12,17H,5H2,1-4H3,(H2,20,21,22)/t17-/m0/s1. The number of hydrogen-bond donors (Lipinski definition) is 2. The monoisotopic (exact) mass is 312 g/mol. The van der Waals surface area contributed by atoms with Gasteiger partial charge in [0.15, 0.2) is 5.11 Å². The summed E-state index contributed by atoms with van der Waals surface area (Å²) in [5.41, 5.74) is 6.09. The number of benzene rings is 2. The second-order valence-corrected chi connectivity index (χ2v) is 6.13. The zero-order valence-electron chi connectivity index (χ0n) is 13.7. The van der Waals surface area contributed by atoms with Crippen LogP contribution >= 0.6 is 12.2 Å². The van der Waals surface area contributed by atoms with Crippen molar-refractivity contribution < 1.29 is 0 Å². The van der Waals surface area contributed by atoms with Crippen LogP contribution in [0.25, 0.3) is 0 Å². The van der Waals surface area contributed by atoms with E-state index in [1.165, 1.54) is 22.3 Å². The van der Waals surface area contributed by atoms with E-state index in [1.807, 2.05) is 6.07 Å². The van der Waals surface area contributed by atoms with Gasteiger partial charge in [-0.2, -0.15) is 0 Å². The fourth-order valence-electron chi connectivity index (χ4n) is 2.42. The molecule has 1 atom stereocenters. The van der Waals surface area contributed by atoms with Crippen LogP contribution in [0.2, 0.25) is 0 Å². The molecule has 2 aromatic rings. The molecule has 0 radical (unpaired) electrons. The molecule has 0 unspecified atom stereocenters. The third-order valence-corrected chi connectivity index (χ3v) is 4.27. The predicted octanol–water partition coefficient (Wildman–Crippen LogP) is 5.05. The minimum atomic E-state index is 0.228. The quantitative estimate of drug-likeness (QED) is 0.773. The van der Waals surface area contributed by atoms with Gasteiger partial charge in [0.05, 0.1) is 6.04 Å². The third kappa shape index (κ3) is 4.08. The maximum absolute atomic E-state index is 5.49. The number of thiocarbonyl (C=S) groups is 1. The average Bonchev–Trinajstić information content (AvgIpc) is 2.50. The van der Waals surface area contributed by atoms with Gasteiger partial charge in [0.25, 0.3) is 0 Å². The minimum Gasteiger partial charge on any atom is -0.356 e. The number of hydrogen-bond acceptors (Lipinski definition) is 1. The fraction of sp³-hybridized carbons (Fsp3) is 0.316. The molecule has 0 bridgehead atoms. The first-order chi connectivity index (χ1) is 10.5. The molecular weight excluding hydrogens is 288 g/mol. The lowest BCUT2D eigenvalue weighted by Gasteiger charge is -2.21. The van der Waals surface area contributed by atoms with E-state index < -0.39 is 0 Å². The van der Waals surface area contributed by atoms with Gasteiger partial charge in [-0.1, -0.05) is 48.9 Å². The summed E-state index contributed by atoms with van der Waals surface area (Å²) in [5.74, 6) is 0. The Balaban J connectivity index is 2.06. The molecule has 116 valence electrons. The smallest absolute Gasteiger partial charge is 0.171 e. The van der Waals surface area contributed by atoms with Gasteiger partial charge >= 0.3 is 0 Å². The molecule has 0 heterocycles. The van der Waals surface area contributed by atoms with Gasteiger partial charge in [0.1, 0.15) is 0 Å². The van der Waals surface area contributed by atoms with Crippen molar-refractivity contribution >= 4 is 23.0 Å². The number of aryl methyl sites for hydroxylation is 2. The lowest BCUT2D eigenvalue weighted by atomic mass is 10.0. The normalized spacial score (nSPS) is 11.8. The Morgan fingerprint density at radius 3 is 2.36 bits per heavy atom. The van der Waals surface area contributed by atoms with Gasteiger partial charge in [0.2, 0.25) is 0 Å². The minimum absolute atomic E-state index is 0.228. The topological polar surface area (TPSA) is 24.1 Å². The van der Waals surface area contributed by atoms with Gasteiger partial charge < -0.3 is 10.6 Å². The maximum Gasteiger partial charge on any atom is 0.171 e. The van der Waals surface area contributed by atoms with Crippen molar-refractivity contribution in [1.29, 1.82) is 0 Å². The van der Waals surface area contributed by atoms with Crippen molar-refractivity contribution in [2.24, 2.45) is 0 Å². The summed E-state index contributed by atoms with van der Waals surface area (Å²) in [7, 11) is 0. The summed E-state index contributed by atoms with van der Waals surface area (Å²) >= 11 is 5.49. The van der Waals surface area contributed by atoms with Crippen LogP contribution < -0.4 is 10.6 Å². The van der Waals surface area contributed by atoms with Crippen LogP contribution in [-0.2, 0) is 0 Å². The van der Waals surface area contributed by atoms with Crippen molar-refractivity contribution in [3.8, 4) is 0 Å². The van der Waals surface area contributed by atoms with Gasteiger partial charge in [-0.25, -0.2) is 0 Å². The lowest BCUT2D eigenvalue weighted by Crippen LogP contribution is -2.32. The van der Waals surface area contributed by atoms with Crippen LogP contribution in [0, 0.1) is 20.8 Å². The summed E-state index contributed by atoms with van der Waals surface area (Å²) in [5, 5.41) is 7.40. The fourth-order valence-corrected chi connectivity index (χ4v) is 2.68. The molecule has 0 saturated carbocycles. The second kappa shape index (κ2) is 7.41. The van der Waals surface area contributed by atoms with E-state index in [4.69, 9.17) is 12.2 Å². The SMILES string of the molecule is CC[C@H](NC(=S)Nc1cccc(C)c1C)c1ccc(C)cc1. The Morgan fingerprint density at radius 2 is 1.73 bits per heavy atom. The van der Waals surface area contributed by atoms with Crippen LogP contribution in [0.1, 0.15) is 41.6 Å². The summed E-state index contributed by atoms with van der Waals surface area (Å²) in [6.07, 6.45) is 0.984. The Labute approximate surface area is 139 Å². The van der Waals surface area contributed by atoms with E-state index >= 15 is 0 Å². The lowest BCUT2D eigenvalue weighted by molar-refractivity contribution is 0.629. The van der Waals surface area contributed by atoms with E-state index in [0.29, 0.717) is 5.11 Å². The molecule has 2 N–H and O–H groups in total. The van der Waals surface area contributed by atoms with E-state index in [1.54, 1.807) is 0 Å². The molecule has 3 heteroatoms. The van der Waals surface area contributed by atoms with Crippen molar-refractivity contribution in [3.63, 3.8) is 0 Å². The molecule has 0 spiro atoms. The first kappa shape index (κ1) is 16.5. The van der Waals surface area contributed by atoms with Crippen molar-refractivity contribution in [2.45, 2.75) is 40.2 Å². The molecule has 2 rings (SSSR count). The molecular formula is C19H24N2S. The van der Waals surface area contributed by atoms with Gasteiger partial charge in [-0.3, -0.25) is 0 Å². The first-order valence-corrected chi connectivity index (χ1v) is 8.12. The summed E-state index contributed by atoms with van der Waals surface area (Å²) in [6, 6.07) is 15.0. The second-order valence-electron chi connectivity index (χ2n) is 5.72. The Kier molecular flexibility index (Phi) is 5.56. The van der Waals surface area contributed by atoms with Crippen LogP contribution in [0.5, 0.6) is 0 Å². The molecule has 0 aliphatic carbocycles. The molecule has 0 aliphatic heterocycles. The molecule has 0 aromatic heterocycles. The molecule has 0 aliphatic rings. The van der Waals surface area contributed by atoms with E-state index in [2.05, 4.69) is 74.7 Å². The largest absolute Gasteiger partial charge is 0.356 e. The highest BCUT2D eigenvalue weighted by Crippen LogP contribution is 2.20. The van der Waals surface area contributed by atoms with Crippen LogP contribution in [-0.4, -0.2) is 5.11 Å². The Hall–Kier alpha value is -1.87. The van der Waals surface area contributed by atoms with Gasteiger partial charge in [0, 0.05) is 5.69 Å². The molecule has 22 heavy (non-hydrogen) atoms. The van der Waals surface area contributed by atoms with Crippen LogP contribution in [0.15, 0.2) is 42.5 Å². The third-order valence-electron chi connectivity index (χ3n) is 4.05. The van der Waals surface area contributed by atoms with Crippen molar-refractivity contribution in [3.05, 3.63) is 64.7 Å². The molecule has 0 fully saturated rings. The average molecular weight is 312 g/mol. The van der Waals surface area contributed by atoms with Crippen molar-refractivity contribution in [2.75, 3.05) is 5.32 Å². The zero-order chi connectivity index (χ0) is 16.1. The number of nitrogens with one attached hydrogen (secondary N) is 2. The van der Waals surface area contributed by atoms with Gasteiger partial charge in [-0.05, 0) is 62.2 Å². The highest BCUT2D eigenvalue weighted by molar-refractivity contribution is 7.80. The van der Waals surface area contributed by atoms with E-state index in [0.717, 1.165) is 12.1 Å². The Bertz CT molecular complexity index is 647. The Morgan fingerprint density at radius 1 is 1.05 bits per heavy atom. The molecule has 2 nitrogen and oxygen atoms in total. The number of rotatable bonds is 4. The van der Waals surface area contributed by atoms with E-state index in [9.17, 15) is 0 Å². The highest BCUT2D eigenvalue weighted by atomic mass is 32.1. The summed E-state index contributed by atoms with van der Waals surface area (Å²) in [4.78, 5) is 0. The highest BCUT2D eigenvalue weighted by Gasteiger charge is 2.11. The predicted molar refractivity (Wildman–Crippen MR) is 99.5 cm³/mol. The zero-order valence-corrected chi connectivity index (χ0v) is 14.6. The van der Waals surface area contributed by atoms with Crippen molar-refractivity contribution in [1.82, 2.24) is 5.32 Å². The van der Waals surface area contributed by atoms with Gasteiger partial charge in [-0.15, -0.1) is 0 Å². The number of anilines is 1. The molecule has 0 saturated heterocycles. The maximum atomic E-state index is 5.49. The first-order valence-electron chi connectivity index (χ1n) is 7.71. The van der Waals surface area contributed by atoms with Crippen LogP contribution in [0.3, 0.4) is 0 Å². The summed E-state index contributed by atoms with van der Waals surface area (Å²) < 4.78 is 0. The molecule has 2 aromatic carbocycles.